The van der Waals surface area contributed by atoms with Gasteiger partial charge in [0.2, 0.25) is 0 Å². The van der Waals surface area contributed by atoms with Crippen LogP contribution in [0.1, 0.15) is 22.8 Å². The molecule has 2 aromatic rings. The lowest BCUT2D eigenvalue weighted by Gasteiger charge is -2.23. The molecule has 1 heterocycles. The molecule has 26 heavy (non-hydrogen) atoms. The van der Waals surface area contributed by atoms with Crippen molar-refractivity contribution in [2.24, 2.45) is 0 Å². The highest BCUT2D eigenvalue weighted by molar-refractivity contribution is 6.32. The summed E-state index contributed by atoms with van der Waals surface area (Å²) in [6.07, 6.45) is 0. The third-order valence-electron chi connectivity index (χ3n) is 4.23. The van der Waals surface area contributed by atoms with Gasteiger partial charge in [-0.1, -0.05) is 29.8 Å². The fourth-order valence-corrected chi connectivity index (χ4v) is 3.12. The molecule has 1 fully saturated rings. The lowest BCUT2D eigenvalue weighted by atomic mass is 9.92. The highest BCUT2D eigenvalue weighted by Gasteiger charge is 2.50. The van der Waals surface area contributed by atoms with Gasteiger partial charge in [-0.15, -0.1) is 0 Å². The fraction of sp³-hybridized carbons (Fsp3) is 0.167. The summed E-state index contributed by atoms with van der Waals surface area (Å²) >= 11 is 6.12. The standard InChI is InChI=1S/C18H13ClF2N2O3/c1-18(11-4-2-3-5-12(11)19)16(25)23(17(26)22-18)9-15(24)10-6-7-13(20)14(21)8-10/h2-8H,9H2,1H3,(H,22,26)/t18-/m0/s1. The van der Waals surface area contributed by atoms with Gasteiger partial charge in [0.1, 0.15) is 5.54 Å². The number of ketones is 1. The maximum absolute atomic E-state index is 13.3. The Bertz CT molecular complexity index is 934. The SMILES string of the molecule is C[C@@]1(c2ccccc2Cl)NC(=O)N(CC(=O)c2ccc(F)c(F)c2)C1=O. The minimum atomic E-state index is -1.43. The van der Waals surface area contributed by atoms with Gasteiger partial charge in [-0.25, -0.2) is 13.6 Å². The number of nitrogens with zero attached hydrogens (tertiary/aromatic N) is 1. The van der Waals surface area contributed by atoms with Crippen molar-refractivity contribution in [2.75, 3.05) is 6.54 Å². The Kier molecular flexibility index (Phi) is 4.50. The number of amides is 3. The van der Waals surface area contributed by atoms with Crippen LogP contribution in [0.2, 0.25) is 5.02 Å². The third kappa shape index (κ3) is 2.94. The highest BCUT2D eigenvalue weighted by Crippen LogP contribution is 2.33. The molecule has 1 aliphatic rings. The molecular formula is C18H13ClF2N2O3. The molecule has 1 saturated heterocycles. The molecule has 134 valence electrons. The molecule has 5 nitrogen and oxygen atoms in total. The zero-order valence-corrected chi connectivity index (χ0v) is 14.3. The first-order valence-electron chi connectivity index (χ1n) is 7.61. The van der Waals surface area contributed by atoms with Gasteiger partial charge >= 0.3 is 6.03 Å². The Labute approximate surface area is 152 Å². The van der Waals surface area contributed by atoms with Crippen molar-refractivity contribution in [1.29, 1.82) is 0 Å². The van der Waals surface area contributed by atoms with Gasteiger partial charge < -0.3 is 5.32 Å². The van der Waals surface area contributed by atoms with Gasteiger partial charge in [-0.05, 0) is 31.2 Å². The summed E-state index contributed by atoms with van der Waals surface area (Å²) in [5, 5.41) is 2.82. The molecule has 3 amide bonds. The van der Waals surface area contributed by atoms with Crippen molar-refractivity contribution >= 4 is 29.3 Å². The summed E-state index contributed by atoms with van der Waals surface area (Å²) in [5.41, 5.74) is -1.18. The third-order valence-corrected chi connectivity index (χ3v) is 4.56. The van der Waals surface area contributed by atoms with E-state index in [9.17, 15) is 23.2 Å². The Morgan fingerprint density at radius 2 is 1.85 bits per heavy atom. The van der Waals surface area contributed by atoms with Crippen LogP contribution >= 0.6 is 11.6 Å². The summed E-state index contributed by atoms with van der Waals surface area (Å²) in [4.78, 5) is 38.0. The van der Waals surface area contributed by atoms with Crippen LogP contribution in [0.25, 0.3) is 0 Å². The maximum Gasteiger partial charge on any atom is 0.325 e. The van der Waals surface area contributed by atoms with E-state index in [1.54, 1.807) is 24.3 Å². The summed E-state index contributed by atoms with van der Waals surface area (Å²) < 4.78 is 26.3. The number of rotatable bonds is 4. The number of benzene rings is 2. The first-order chi connectivity index (χ1) is 12.2. The number of carbonyl (C=O) groups is 3. The highest BCUT2D eigenvalue weighted by atomic mass is 35.5. The summed E-state index contributed by atoms with van der Waals surface area (Å²) in [6.45, 7) is 0.881. The van der Waals surface area contributed by atoms with Gasteiger partial charge in [0.15, 0.2) is 17.4 Å². The van der Waals surface area contributed by atoms with Gasteiger partial charge in [0.05, 0.1) is 6.54 Å². The van der Waals surface area contributed by atoms with Gasteiger partial charge in [-0.2, -0.15) is 0 Å². The maximum atomic E-state index is 13.3. The Balaban J connectivity index is 1.86. The molecule has 3 rings (SSSR count). The van der Waals surface area contributed by atoms with E-state index in [4.69, 9.17) is 11.6 Å². The molecule has 2 aromatic carbocycles. The first kappa shape index (κ1) is 18.0. The first-order valence-corrected chi connectivity index (χ1v) is 7.99. The Morgan fingerprint density at radius 3 is 2.50 bits per heavy atom. The van der Waals surface area contributed by atoms with Crippen LogP contribution in [0.5, 0.6) is 0 Å². The average Bonchev–Trinajstić information content (AvgIpc) is 2.81. The van der Waals surface area contributed by atoms with E-state index in [0.717, 1.165) is 23.1 Å². The summed E-state index contributed by atoms with van der Waals surface area (Å²) in [5.74, 6) is -3.64. The van der Waals surface area contributed by atoms with Crippen LogP contribution in [0, 0.1) is 11.6 Å². The number of carbonyl (C=O) groups excluding carboxylic acids is 3. The van der Waals surface area contributed by atoms with Crippen molar-refractivity contribution < 1.29 is 23.2 Å². The quantitative estimate of drug-likeness (QED) is 0.656. The van der Waals surface area contributed by atoms with Crippen molar-refractivity contribution in [1.82, 2.24) is 10.2 Å². The average molecular weight is 379 g/mol. The minimum absolute atomic E-state index is 0.143. The molecular weight excluding hydrogens is 366 g/mol. The number of nitrogens with one attached hydrogen (secondary N) is 1. The van der Waals surface area contributed by atoms with E-state index in [1.165, 1.54) is 6.92 Å². The second-order valence-corrected chi connectivity index (χ2v) is 6.39. The molecule has 1 N–H and O–H groups in total. The molecule has 0 unspecified atom stereocenters. The van der Waals surface area contributed by atoms with E-state index < -0.39 is 41.4 Å². The number of urea groups is 1. The number of halogens is 3. The monoisotopic (exact) mass is 378 g/mol. The van der Waals surface area contributed by atoms with E-state index in [-0.39, 0.29) is 10.6 Å². The number of imide groups is 1. The second-order valence-electron chi connectivity index (χ2n) is 5.98. The van der Waals surface area contributed by atoms with Crippen LogP contribution in [-0.2, 0) is 10.3 Å². The van der Waals surface area contributed by atoms with E-state index in [0.29, 0.717) is 5.56 Å². The van der Waals surface area contributed by atoms with Crippen LogP contribution in [-0.4, -0.2) is 29.2 Å². The fourth-order valence-electron chi connectivity index (χ4n) is 2.79. The van der Waals surface area contributed by atoms with E-state index >= 15 is 0 Å². The zero-order valence-electron chi connectivity index (χ0n) is 13.6. The normalized spacial score (nSPS) is 19.6. The zero-order chi connectivity index (χ0) is 19.1. The molecule has 1 aliphatic heterocycles. The molecule has 0 radical (unpaired) electrons. The molecule has 1 atom stereocenters. The molecule has 0 aliphatic carbocycles. The van der Waals surface area contributed by atoms with E-state index in [1.807, 2.05) is 0 Å². The van der Waals surface area contributed by atoms with Crippen molar-refractivity contribution in [3.05, 3.63) is 70.2 Å². The predicted octanol–water partition coefficient (Wildman–Crippen LogP) is 3.27. The summed E-state index contributed by atoms with van der Waals surface area (Å²) in [7, 11) is 0. The van der Waals surface area contributed by atoms with Crippen LogP contribution in [0.15, 0.2) is 42.5 Å². The van der Waals surface area contributed by atoms with Gasteiger partial charge in [0.25, 0.3) is 5.91 Å². The van der Waals surface area contributed by atoms with Crippen molar-refractivity contribution in [2.45, 2.75) is 12.5 Å². The number of Topliss-reactive ketones (excluding diaryl/α,β-unsaturated/α-hetero) is 1. The Hall–Kier alpha value is -2.80. The molecule has 0 saturated carbocycles. The predicted molar refractivity (Wildman–Crippen MR) is 89.7 cm³/mol. The van der Waals surface area contributed by atoms with Crippen molar-refractivity contribution in [3.63, 3.8) is 0 Å². The smallest absolute Gasteiger partial charge is 0.319 e. The van der Waals surface area contributed by atoms with Gasteiger partial charge in [-0.3, -0.25) is 14.5 Å². The topological polar surface area (TPSA) is 66.5 Å². The van der Waals surface area contributed by atoms with Crippen molar-refractivity contribution in [3.8, 4) is 0 Å². The minimum Gasteiger partial charge on any atom is -0.319 e. The lowest BCUT2D eigenvalue weighted by Crippen LogP contribution is -2.41. The molecule has 0 bridgehead atoms. The largest absolute Gasteiger partial charge is 0.325 e. The molecule has 8 heteroatoms. The van der Waals surface area contributed by atoms with Crippen LogP contribution in [0.4, 0.5) is 13.6 Å². The number of hydrogen-bond acceptors (Lipinski definition) is 3. The van der Waals surface area contributed by atoms with Crippen LogP contribution in [0.3, 0.4) is 0 Å². The second kappa shape index (κ2) is 6.49. The lowest BCUT2D eigenvalue weighted by molar-refractivity contribution is -0.130. The van der Waals surface area contributed by atoms with Crippen LogP contribution < -0.4 is 5.32 Å². The number of hydrogen-bond donors (Lipinski definition) is 1. The Morgan fingerprint density at radius 1 is 1.15 bits per heavy atom. The van der Waals surface area contributed by atoms with Gasteiger partial charge in [0, 0.05) is 16.1 Å². The molecule has 0 spiro atoms. The van der Waals surface area contributed by atoms with E-state index in [2.05, 4.69) is 5.32 Å². The summed E-state index contributed by atoms with van der Waals surface area (Å²) in [6, 6.07) is 8.38. The molecule has 0 aromatic heterocycles.